The van der Waals surface area contributed by atoms with Crippen LogP contribution in [0.3, 0.4) is 0 Å². The summed E-state index contributed by atoms with van der Waals surface area (Å²) >= 11 is 0. The van der Waals surface area contributed by atoms with Gasteiger partial charge in [-0.2, -0.15) is 5.10 Å². The van der Waals surface area contributed by atoms with E-state index in [4.69, 9.17) is 4.74 Å². The molecule has 3 heterocycles. The molecule has 1 unspecified atom stereocenters. The van der Waals surface area contributed by atoms with Crippen LogP contribution in [-0.4, -0.2) is 33.3 Å². The van der Waals surface area contributed by atoms with Crippen molar-refractivity contribution in [1.82, 2.24) is 15.2 Å². The van der Waals surface area contributed by atoms with Gasteiger partial charge in [0.25, 0.3) is 0 Å². The number of phenolic OH excluding ortho intramolecular Hbond substituents is 1. The van der Waals surface area contributed by atoms with Crippen LogP contribution in [0.5, 0.6) is 11.5 Å². The predicted octanol–water partition coefficient (Wildman–Crippen LogP) is 2.66. The van der Waals surface area contributed by atoms with E-state index in [0.29, 0.717) is 17.1 Å². The van der Waals surface area contributed by atoms with E-state index in [1.165, 1.54) is 0 Å². The largest absolute Gasteiger partial charge is 0.508 e. The highest BCUT2D eigenvalue weighted by Crippen LogP contribution is 2.44. The predicted molar refractivity (Wildman–Crippen MR) is 91.6 cm³/mol. The molecule has 1 aliphatic rings. The van der Waals surface area contributed by atoms with Crippen LogP contribution in [0, 0.1) is 0 Å². The zero-order valence-corrected chi connectivity index (χ0v) is 13.5. The van der Waals surface area contributed by atoms with Crippen LogP contribution >= 0.6 is 0 Å². The van der Waals surface area contributed by atoms with Gasteiger partial charge in [-0.25, -0.2) is 0 Å². The number of aromatic nitrogens is 3. The molecule has 0 saturated heterocycles. The minimum atomic E-state index is -0.352. The number of H-pyrrole nitrogens is 1. The van der Waals surface area contributed by atoms with Gasteiger partial charge >= 0.3 is 0 Å². The number of amides is 1. The van der Waals surface area contributed by atoms with Crippen LogP contribution in [0.1, 0.15) is 23.5 Å². The van der Waals surface area contributed by atoms with Crippen LogP contribution in [-0.2, 0) is 4.79 Å². The van der Waals surface area contributed by atoms with E-state index in [9.17, 15) is 9.90 Å². The van der Waals surface area contributed by atoms with E-state index in [1.807, 2.05) is 18.2 Å². The van der Waals surface area contributed by atoms with Crippen LogP contribution in [0.15, 0.2) is 42.6 Å². The summed E-state index contributed by atoms with van der Waals surface area (Å²) in [4.78, 5) is 16.5. The number of phenols is 1. The first-order chi connectivity index (χ1) is 12.2. The van der Waals surface area contributed by atoms with Gasteiger partial charge in [0, 0.05) is 29.7 Å². The number of pyridine rings is 1. The molecule has 7 heteroatoms. The number of carbonyl (C=O) groups is 1. The summed E-state index contributed by atoms with van der Waals surface area (Å²) in [5.41, 5.74) is 2.87. The van der Waals surface area contributed by atoms with E-state index >= 15 is 0 Å². The molecule has 0 spiro atoms. The van der Waals surface area contributed by atoms with E-state index in [2.05, 4.69) is 20.5 Å². The summed E-state index contributed by atoms with van der Waals surface area (Å²) in [6, 6.07) is 10.6. The first-order valence-electron chi connectivity index (χ1n) is 7.83. The third-order valence-electron chi connectivity index (χ3n) is 4.33. The van der Waals surface area contributed by atoms with Crippen molar-refractivity contribution >= 4 is 11.7 Å². The molecule has 1 amide bonds. The van der Waals surface area contributed by atoms with Crippen molar-refractivity contribution in [2.24, 2.45) is 0 Å². The molecule has 25 heavy (non-hydrogen) atoms. The lowest BCUT2D eigenvalue weighted by Gasteiger charge is -2.24. The standard InChI is InChI=1S/C18H16N4O3/c1-25-10-5-6-14(23)11(8-10)12-9-15(24)20-18-16(12)17(21-22-18)13-4-2-3-7-19-13/h2-8,12,23H,9H2,1H3,(H2,20,21,22,24). The van der Waals surface area contributed by atoms with Crippen LogP contribution in [0.2, 0.25) is 0 Å². The van der Waals surface area contributed by atoms with Crippen molar-refractivity contribution in [3.63, 3.8) is 0 Å². The smallest absolute Gasteiger partial charge is 0.226 e. The fraction of sp³-hybridized carbons (Fsp3) is 0.167. The minimum Gasteiger partial charge on any atom is -0.508 e. The molecule has 0 fully saturated rings. The van der Waals surface area contributed by atoms with Gasteiger partial charge in [0.1, 0.15) is 11.5 Å². The molecule has 1 aliphatic heterocycles. The van der Waals surface area contributed by atoms with Crippen LogP contribution in [0.4, 0.5) is 5.82 Å². The molecular weight excluding hydrogens is 320 g/mol. The molecule has 0 saturated carbocycles. The number of benzene rings is 1. The molecule has 7 nitrogen and oxygen atoms in total. The number of hydrogen-bond acceptors (Lipinski definition) is 5. The topological polar surface area (TPSA) is 100 Å². The highest BCUT2D eigenvalue weighted by atomic mass is 16.5. The molecule has 1 aromatic carbocycles. The van der Waals surface area contributed by atoms with E-state index < -0.39 is 0 Å². The van der Waals surface area contributed by atoms with Gasteiger partial charge < -0.3 is 15.2 Å². The first-order valence-corrected chi connectivity index (χ1v) is 7.83. The van der Waals surface area contributed by atoms with E-state index in [0.717, 1.165) is 17.0 Å². The van der Waals surface area contributed by atoms with Crippen molar-refractivity contribution in [3.05, 3.63) is 53.7 Å². The summed E-state index contributed by atoms with van der Waals surface area (Å²) in [7, 11) is 1.56. The number of nitrogens with one attached hydrogen (secondary N) is 2. The Bertz CT molecular complexity index is 937. The number of anilines is 1. The Morgan fingerprint density at radius 2 is 2.16 bits per heavy atom. The number of methoxy groups -OCH3 is 1. The van der Waals surface area contributed by atoms with Crippen molar-refractivity contribution < 1.29 is 14.6 Å². The Morgan fingerprint density at radius 3 is 2.92 bits per heavy atom. The lowest BCUT2D eigenvalue weighted by Crippen LogP contribution is -2.23. The Kier molecular flexibility index (Phi) is 3.61. The average Bonchev–Trinajstić information content (AvgIpc) is 3.06. The quantitative estimate of drug-likeness (QED) is 0.683. The number of fused-ring (bicyclic) bond motifs is 1. The van der Waals surface area contributed by atoms with Crippen molar-refractivity contribution in [2.75, 3.05) is 12.4 Å². The average molecular weight is 336 g/mol. The molecule has 3 aromatic rings. The van der Waals surface area contributed by atoms with E-state index in [1.54, 1.807) is 31.5 Å². The summed E-state index contributed by atoms with van der Waals surface area (Å²) in [5, 5.41) is 20.3. The molecule has 126 valence electrons. The van der Waals surface area contributed by atoms with E-state index in [-0.39, 0.29) is 24.0 Å². The zero-order valence-electron chi connectivity index (χ0n) is 13.5. The Balaban J connectivity index is 1.90. The molecule has 4 rings (SSSR count). The molecule has 0 bridgehead atoms. The fourth-order valence-corrected chi connectivity index (χ4v) is 3.17. The van der Waals surface area contributed by atoms with Crippen molar-refractivity contribution in [2.45, 2.75) is 12.3 Å². The molecule has 0 aliphatic carbocycles. The Morgan fingerprint density at radius 1 is 1.28 bits per heavy atom. The third kappa shape index (κ3) is 2.59. The molecule has 0 radical (unpaired) electrons. The number of hydrogen-bond donors (Lipinski definition) is 3. The lowest BCUT2D eigenvalue weighted by molar-refractivity contribution is -0.116. The highest BCUT2D eigenvalue weighted by Gasteiger charge is 2.33. The SMILES string of the molecule is COc1ccc(O)c(C2CC(=O)Nc3n[nH]c(-c4ccccn4)c32)c1. The summed E-state index contributed by atoms with van der Waals surface area (Å²) in [6.45, 7) is 0. The number of aromatic hydroxyl groups is 1. The second-order valence-corrected chi connectivity index (χ2v) is 5.81. The monoisotopic (exact) mass is 336 g/mol. The zero-order chi connectivity index (χ0) is 17.4. The van der Waals surface area contributed by atoms with Crippen molar-refractivity contribution in [1.29, 1.82) is 0 Å². The van der Waals surface area contributed by atoms with Gasteiger partial charge in [-0.1, -0.05) is 6.07 Å². The number of aromatic amines is 1. The lowest BCUT2D eigenvalue weighted by atomic mass is 9.84. The normalized spacial score (nSPS) is 16.2. The maximum absolute atomic E-state index is 12.1. The molecular formula is C18H16N4O3. The van der Waals surface area contributed by atoms with Crippen LogP contribution < -0.4 is 10.1 Å². The number of ether oxygens (including phenoxy) is 1. The summed E-state index contributed by atoms with van der Waals surface area (Å²) in [6.07, 6.45) is 1.90. The highest BCUT2D eigenvalue weighted by molar-refractivity contribution is 5.96. The Hall–Kier alpha value is -3.35. The van der Waals surface area contributed by atoms with Gasteiger partial charge in [0.2, 0.25) is 5.91 Å². The summed E-state index contributed by atoms with van der Waals surface area (Å²) in [5.74, 6) is 0.681. The first kappa shape index (κ1) is 15.2. The van der Waals surface area contributed by atoms with Crippen LogP contribution in [0.25, 0.3) is 11.4 Å². The Labute approximate surface area is 143 Å². The number of nitrogens with zero attached hydrogens (tertiary/aromatic N) is 2. The van der Waals surface area contributed by atoms with Gasteiger partial charge in [-0.15, -0.1) is 0 Å². The van der Waals surface area contributed by atoms with Gasteiger partial charge in [0.15, 0.2) is 5.82 Å². The molecule has 3 N–H and O–H groups in total. The van der Waals surface area contributed by atoms with Gasteiger partial charge in [0.05, 0.1) is 18.5 Å². The second kappa shape index (κ2) is 5.94. The van der Waals surface area contributed by atoms with Crippen molar-refractivity contribution in [3.8, 4) is 22.9 Å². The molecule has 1 atom stereocenters. The summed E-state index contributed by atoms with van der Waals surface area (Å²) < 4.78 is 5.26. The number of rotatable bonds is 3. The van der Waals surface area contributed by atoms with Gasteiger partial charge in [-0.3, -0.25) is 14.9 Å². The number of carbonyl (C=O) groups excluding carboxylic acids is 1. The molecule has 2 aromatic heterocycles. The minimum absolute atomic E-state index is 0.111. The fourth-order valence-electron chi connectivity index (χ4n) is 3.17. The maximum atomic E-state index is 12.1. The maximum Gasteiger partial charge on any atom is 0.226 e. The second-order valence-electron chi connectivity index (χ2n) is 5.81. The third-order valence-corrected chi connectivity index (χ3v) is 4.33. The van der Waals surface area contributed by atoms with Gasteiger partial charge in [-0.05, 0) is 30.3 Å².